The summed E-state index contributed by atoms with van der Waals surface area (Å²) in [4.78, 5) is 1.85. The molecule has 1 aromatic rings. The van der Waals surface area contributed by atoms with E-state index in [1.54, 1.807) is 0 Å². The number of piperidine rings is 1. The predicted octanol–water partition coefficient (Wildman–Crippen LogP) is 3.23. The average Bonchev–Trinajstić information content (AvgIpc) is 2.43. The van der Waals surface area contributed by atoms with Crippen LogP contribution in [0.4, 0.5) is 8.78 Å². The normalized spacial score (nSPS) is 17.4. The minimum Gasteiger partial charge on any atom is -0.493 e. The summed E-state index contributed by atoms with van der Waals surface area (Å²) in [6.45, 7) is 3.79. The molecule has 1 heterocycles. The van der Waals surface area contributed by atoms with Crippen molar-refractivity contribution in [2.45, 2.75) is 32.6 Å². The molecule has 1 aromatic carbocycles. The molecule has 1 aliphatic rings. The highest BCUT2D eigenvalue weighted by molar-refractivity contribution is 6.04. The van der Waals surface area contributed by atoms with Gasteiger partial charge in [0.2, 0.25) is 0 Å². The van der Waals surface area contributed by atoms with Crippen LogP contribution >= 0.6 is 0 Å². The number of benzene rings is 1. The maximum atomic E-state index is 13.3. The smallest absolute Gasteiger partial charge is 0.182 e. The summed E-state index contributed by atoms with van der Waals surface area (Å²) >= 11 is 0. The van der Waals surface area contributed by atoms with Crippen molar-refractivity contribution in [2.24, 2.45) is 5.92 Å². The molecule has 1 saturated heterocycles. The van der Waals surface area contributed by atoms with E-state index in [9.17, 15) is 8.78 Å². The quantitative estimate of drug-likeness (QED) is 0.606. The highest BCUT2D eigenvalue weighted by Gasteiger charge is 2.15. The Labute approximate surface area is 120 Å². The first-order valence-corrected chi connectivity index (χ1v) is 7.14. The molecule has 0 aliphatic carbocycles. The topological polar surface area (TPSA) is 12.5 Å². The maximum Gasteiger partial charge on any atom is 0.182 e. The first kappa shape index (κ1) is 15.3. The van der Waals surface area contributed by atoms with Crippen LogP contribution in [0.25, 0.3) is 0 Å². The van der Waals surface area contributed by atoms with Crippen molar-refractivity contribution in [1.82, 2.24) is 4.81 Å². The fraction of sp³-hybridized carbons (Fsp3) is 0.600. The molecule has 20 heavy (non-hydrogen) atoms. The molecule has 0 aromatic heterocycles. The number of rotatable bonds is 5. The highest BCUT2D eigenvalue weighted by atomic mass is 19.1. The Hall–Kier alpha value is -1.10. The highest BCUT2D eigenvalue weighted by Crippen LogP contribution is 2.22. The Morgan fingerprint density at radius 2 is 1.85 bits per heavy atom. The summed E-state index contributed by atoms with van der Waals surface area (Å²) < 4.78 is 32.1. The van der Waals surface area contributed by atoms with Gasteiger partial charge in [0.15, 0.2) is 7.98 Å². The van der Waals surface area contributed by atoms with Crippen molar-refractivity contribution in [2.75, 3.05) is 19.7 Å². The summed E-state index contributed by atoms with van der Waals surface area (Å²) in [5, 5.41) is 0. The van der Waals surface area contributed by atoms with Crippen LogP contribution < -0.4 is 4.74 Å². The summed E-state index contributed by atoms with van der Waals surface area (Å²) in [6.07, 6.45) is 4.20. The van der Waals surface area contributed by atoms with E-state index in [4.69, 9.17) is 12.7 Å². The molecule has 2 radical (unpaired) electrons. The van der Waals surface area contributed by atoms with Gasteiger partial charge in [-0.1, -0.05) is 0 Å². The van der Waals surface area contributed by atoms with Crippen LogP contribution in [0.1, 0.15) is 31.2 Å². The number of halogens is 2. The Morgan fingerprint density at radius 1 is 1.25 bits per heavy atom. The second kappa shape index (κ2) is 7.07. The van der Waals surface area contributed by atoms with Crippen LogP contribution in [0.2, 0.25) is 0 Å². The van der Waals surface area contributed by atoms with Gasteiger partial charge in [0, 0.05) is 17.7 Å². The lowest BCUT2D eigenvalue weighted by molar-refractivity contribution is 0.241. The predicted molar refractivity (Wildman–Crippen MR) is 75.9 cm³/mol. The third-order valence-electron chi connectivity index (χ3n) is 3.93. The first-order chi connectivity index (χ1) is 9.56. The van der Waals surface area contributed by atoms with Crippen molar-refractivity contribution in [1.29, 1.82) is 0 Å². The number of ether oxygens (including phenoxy) is 1. The van der Waals surface area contributed by atoms with Crippen LogP contribution in [0.15, 0.2) is 12.1 Å². The molecular weight excluding hydrogens is 259 g/mol. The minimum atomic E-state index is -0.560. The SMILES string of the molecule is [B]N1CCC(CCCOc2cc(F)c(C)c(F)c2)CC1. The van der Waals surface area contributed by atoms with Crippen LogP contribution in [0.3, 0.4) is 0 Å². The van der Waals surface area contributed by atoms with Gasteiger partial charge in [-0.3, -0.25) is 0 Å². The van der Waals surface area contributed by atoms with Crippen LogP contribution in [0, 0.1) is 24.5 Å². The monoisotopic (exact) mass is 279 g/mol. The summed E-state index contributed by atoms with van der Waals surface area (Å²) in [5.41, 5.74) is 0.0332. The third kappa shape index (κ3) is 4.20. The number of hydrogen-bond donors (Lipinski definition) is 0. The molecular formula is C15H20BF2NO. The van der Waals surface area contributed by atoms with E-state index < -0.39 is 11.6 Å². The fourth-order valence-electron chi connectivity index (χ4n) is 2.51. The zero-order valence-corrected chi connectivity index (χ0v) is 11.9. The van der Waals surface area contributed by atoms with Gasteiger partial charge in [0.05, 0.1) is 6.61 Å². The van der Waals surface area contributed by atoms with E-state index in [-0.39, 0.29) is 11.3 Å². The molecule has 2 rings (SSSR count). The summed E-state index contributed by atoms with van der Waals surface area (Å²) in [7, 11) is 5.71. The van der Waals surface area contributed by atoms with E-state index in [2.05, 4.69) is 0 Å². The Kier molecular flexibility index (Phi) is 5.41. The van der Waals surface area contributed by atoms with E-state index in [1.165, 1.54) is 19.1 Å². The van der Waals surface area contributed by atoms with Gasteiger partial charge in [0.1, 0.15) is 17.4 Å². The van der Waals surface area contributed by atoms with E-state index in [1.807, 2.05) is 4.81 Å². The lowest BCUT2D eigenvalue weighted by Crippen LogP contribution is -2.31. The van der Waals surface area contributed by atoms with Crippen molar-refractivity contribution in [3.8, 4) is 5.75 Å². The summed E-state index contributed by atoms with van der Waals surface area (Å²) in [6, 6.07) is 2.48. The van der Waals surface area contributed by atoms with Gasteiger partial charge in [0.25, 0.3) is 0 Å². The second-order valence-electron chi connectivity index (χ2n) is 5.48. The second-order valence-corrected chi connectivity index (χ2v) is 5.48. The first-order valence-electron chi connectivity index (χ1n) is 7.14. The van der Waals surface area contributed by atoms with Gasteiger partial charge in [-0.25, -0.2) is 8.78 Å². The number of nitrogens with zero attached hydrogens (tertiary/aromatic N) is 1. The van der Waals surface area contributed by atoms with Crippen molar-refractivity contribution in [3.63, 3.8) is 0 Å². The Morgan fingerprint density at radius 3 is 2.45 bits per heavy atom. The molecule has 0 spiro atoms. The molecule has 0 amide bonds. The maximum absolute atomic E-state index is 13.3. The molecule has 1 aliphatic heterocycles. The Balaban J connectivity index is 1.71. The van der Waals surface area contributed by atoms with Gasteiger partial charge >= 0.3 is 0 Å². The molecule has 108 valence electrons. The van der Waals surface area contributed by atoms with Gasteiger partial charge in [-0.15, -0.1) is 0 Å². The zero-order chi connectivity index (χ0) is 14.5. The minimum absolute atomic E-state index is 0.0332. The molecule has 0 atom stereocenters. The third-order valence-corrected chi connectivity index (χ3v) is 3.93. The largest absolute Gasteiger partial charge is 0.493 e. The molecule has 0 bridgehead atoms. The molecule has 5 heteroatoms. The number of hydrogen-bond acceptors (Lipinski definition) is 2. The fourth-order valence-corrected chi connectivity index (χ4v) is 2.51. The van der Waals surface area contributed by atoms with E-state index in [0.717, 1.165) is 38.8 Å². The zero-order valence-electron chi connectivity index (χ0n) is 11.9. The van der Waals surface area contributed by atoms with Gasteiger partial charge in [-0.2, -0.15) is 0 Å². The van der Waals surface area contributed by atoms with Crippen LogP contribution in [-0.2, 0) is 0 Å². The summed E-state index contributed by atoms with van der Waals surface area (Å²) in [5.74, 6) is -0.169. The van der Waals surface area contributed by atoms with Crippen molar-refractivity contribution >= 4 is 7.98 Å². The van der Waals surface area contributed by atoms with Crippen molar-refractivity contribution in [3.05, 3.63) is 29.3 Å². The molecule has 2 nitrogen and oxygen atoms in total. The Bertz CT molecular complexity index is 424. The standard InChI is InChI=1S/C15H20BF2NO/c1-11-14(17)9-13(10-15(11)18)20-8-2-3-12-4-6-19(16)7-5-12/h9-10,12H,2-8H2,1H3. The van der Waals surface area contributed by atoms with E-state index in [0.29, 0.717) is 12.5 Å². The molecule has 0 N–H and O–H groups in total. The van der Waals surface area contributed by atoms with Crippen LogP contribution in [0.5, 0.6) is 5.75 Å². The lowest BCUT2D eigenvalue weighted by Gasteiger charge is -2.29. The van der Waals surface area contributed by atoms with Gasteiger partial charge < -0.3 is 9.55 Å². The molecule has 0 saturated carbocycles. The van der Waals surface area contributed by atoms with Gasteiger partial charge in [-0.05, 0) is 51.6 Å². The van der Waals surface area contributed by atoms with Crippen molar-refractivity contribution < 1.29 is 13.5 Å². The average molecular weight is 279 g/mol. The molecule has 0 unspecified atom stereocenters. The lowest BCUT2D eigenvalue weighted by atomic mass is 9.91. The van der Waals surface area contributed by atoms with E-state index >= 15 is 0 Å². The molecule has 1 fully saturated rings. The van der Waals surface area contributed by atoms with Crippen LogP contribution in [-0.4, -0.2) is 32.5 Å².